The molecule has 3 heterocycles. The van der Waals surface area contributed by atoms with E-state index in [-0.39, 0.29) is 5.91 Å². The molecule has 0 bridgehead atoms. The zero-order valence-corrected chi connectivity index (χ0v) is 15.5. The average Bonchev–Trinajstić information content (AvgIpc) is 2.97. The number of hydrogen-bond acceptors (Lipinski definition) is 7. The Hall–Kier alpha value is -3.42. The second-order valence-electron chi connectivity index (χ2n) is 6.14. The number of pyridine rings is 1. The van der Waals surface area contributed by atoms with E-state index in [4.69, 9.17) is 4.42 Å². The third-order valence-corrected chi connectivity index (χ3v) is 3.84. The van der Waals surface area contributed by atoms with Crippen LogP contribution in [-0.4, -0.2) is 33.9 Å². The van der Waals surface area contributed by atoms with Crippen LogP contribution in [0.2, 0.25) is 0 Å². The maximum Gasteiger partial charge on any atom is 0.254 e. The highest BCUT2D eigenvalue weighted by molar-refractivity contribution is 5.95. The van der Waals surface area contributed by atoms with Crippen LogP contribution in [0.15, 0.2) is 41.2 Å². The van der Waals surface area contributed by atoms with Crippen LogP contribution >= 0.6 is 0 Å². The number of nitrogens with zero attached hydrogens (tertiary/aromatic N) is 3. The van der Waals surface area contributed by atoms with Crippen LogP contribution in [0, 0.1) is 20.8 Å². The van der Waals surface area contributed by atoms with Crippen molar-refractivity contribution < 1.29 is 9.21 Å². The van der Waals surface area contributed by atoms with Crippen molar-refractivity contribution in [1.82, 2.24) is 20.3 Å². The normalized spacial score (nSPS) is 10.5. The van der Waals surface area contributed by atoms with Crippen LogP contribution in [0.25, 0.3) is 0 Å². The number of amides is 1. The lowest BCUT2D eigenvalue weighted by Crippen LogP contribution is -2.29. The molecule has 0 spiro atoms. The van der Waals surface area contributed by atoms with Gasteiger partial charge in [0.2, 0.25) is 0 Å². The molecular formula is C19H22N6O2. The molecule has 0 aliphatic rings. The maximum absolute atomic E-state index is 12.1. The average molecular weight is 366 g/mol. The summed E-state index contributed by atoms with van der Waals surface area (Å²) in [4.78, 5) is 24.8. The van der Waals surface area contributed by atoms with E-state index < -0.39 is 0 Å². The minimum Gasteiger partial charge on any atom is -0.466 e. The van der Waals surface area contributed by atoms with Gasteiger partial charge in [-0.25, -0.2) is 15.0 Å². The molecule has 1 amide bonds. The standard InChI is InChI=1S/C19H22N6O2/c1-12-4-5-20-17(8-12)25-18-10-16(23-11-24-18)21-6-7-22-19(26)15-9-13(2)27-14(15)3/h4-5,8-11H,6-7H2,1-3H3,(H,22,26)(H2,20,21,23,24,25). The van der Waals surface area contributed by atoms with Gasteiger partial charge in [-0.1, -0.05) is 0 Å². The van der Waals surface area contributed by atoms with Crippen molar-refractivity contribution in [2.45, 2.75) is 20.8 Å². The van der Waals surface area contributed by atoms with E-state index in [1.165, 1.54) is 6.33 Å². The Balaban J connectivity index is 1.50. The Labute approximate surface area is 157 Å². The highest BCUT2D eigenvalue weighted by atomic mass is 16.3. The lowest BCUT2D eigenvalue weighted by molar-refractivity contribution is 0.0953. The van der Waals surface area contributed by atoms with Gasteiger partial charge < -0.3 is 20.4 Å². The van der Waals surface area contributed by atoms with E-state index >= 15 is 0 Å². The van der Waals surface area contributed by atoms with Crippen molar-refractivity contribution in [3.63, 3.8) is 0 Å². The van der Waals surface area contributed by atoms with Gasteiger partial charge in [0.25, 0.3) is 5.91 Å². The SMILES string of the molecule is Cc1ccnc(Nc2cc(NCCNC(=O)c3cc(C)oc3C)ncn2)c1. The summed E-state index contributed by atoms with van der Waals surface area (Å²) in [5.74, 6) is 3.21. The molecule has 0 radical (unpaired) electrons. The van der Waals surface area contributed by atoms with E-state index in [0.29, 0.717) is 36.0 Å². The summed E-state index contributed by atoms with van der Waals surface area (Å²) in [7, 11) is 0. The fourth-order valence-corrected chi connectivity index (χ4v) is 2.58. The molecule has 0 fully saturated rings. The molecule has 140 valence electrons. The summed E-state index contributed by atoms with van der Waals surface area (Å²) in [5.41, 5.74) is 1.67. The summed E-state index contributed by atoms with van der Waals surface area (Å²) in [6.45, 7) is 6.58. The van der Waals surface area contributed by atoms with Crippen LogP contribution in [0.5, 0.6) is 0 Å². The Morgan fingerprint density at radius 3 is 2.52 bits per heavy atom. The highest BCUT2D eigenvalue weighted by Gasteiger charge is 2.12. The van der Waals surface area contributed by atoms with E-state index in [1.807, 2.05) is 26.0 Å². The van der Waals surface area contributed by atoms with Gasteiger partial charge in [0.15, 0.2) is 0 Å². The molecule has 0 aromatic carbocycles. The first-order chi connectivity index (χ1) is 13.0. The topological polar surface area (TPSA) is 105 Å². The second kappa shape index (κ2) is 8.31. The molecule has 0 aliphatic heterocycles. The highest BCUT2D eigenvalue weighted by Crippen LogP contribution is 2.15. The Bertz CT molecular complexity index is 937. The predicted molar refractivity (Wildman–Crippen MR) is 103 cm³/mol. The van der Waals surface area contributed by atoms with Gasteiger partial charge in [-0.2, -0.15) is 0 Å². The summed E-state index contributed by atoms with van der Waals surface area (Å²) < 4.78 is 5.38. The maximum atomic E-state index is 12.1. The summed E-state index contributed by atoms with van der Waals surface area (Å²) >= 11 is 0. The fourth-order valence-electron chi connectivity index (χ4n) is 2.58. The van der Waals surface area contributed by atoms with Crippen LogP contribution in [0.1, 0.15) is 27.4 Å². The van der Waals surface area contributed by atoms with Crippen LogP contribution in [-0.2, 0) is 0 Å². The van der Waals surface area contributed by atoms with Crippen LogP contribution < -0.4 is 16.0 Å². The molecule has 3 N–H and O–H groups in total. The molecule has 0 unspecified atom stereocenters. The molecule has 27 heavy (non-hydrogen) atoms. The van der Waals surface area contributed by atoms with Crippen LogP contribution in [0.4, 0.5) is 17.5 Å². The third kappa shape index (κ3) is 5.04. The second-order valence-corrected chi connectivity index (χ2v) is 6.14. The Morgan fingerprint density at radius 1 is 1.00 bits per heavy atom. The molecule has 3 rings (SSSR count). The molecule has 8 nitrogen and oxygen atoms in total. The monoisotopic (exact) mass is 366 g/mol. The predicted octanol–water partition coefficient (Wildman–Crippen LogP) is 2.98. The lowest BCUT2D eigenvalue weighted by Gasteiger charge is -2.09. The number of nitrogens with one attached hydrogen (secondary N) is 3. The molecule has 3 aromatic heterocycles. The van der Waals surface area contributed by atoms with Gasteiger partial charge in [-0.15, -0.1) is 0 Å². The minimum atomic E-state index is -0.151. The van der Waals surface area contributed by atoms with Gasteiger partial charge in [0.05, 0.1) is 5.56 Å². The number of carbonyl (C=O) groups excluding carboxylic acids is 1. The van der Waals surface area contributed by atoms with Crippen molar-refractivity contribution in [3.8, 4) is 0 Å². The quantitative estimate of drug-likeness (QED) is 0.552. The smallest absolute Gasteiger partial charge is 0.254 e. The number of aromatic nitrogens is 3. The summed E-state index contributed by atoms with van der Waals surface area (Å²) in [5, 5.41) is 9.15. The molecule has 0 aliphatic carbocycles. The fraction of sp³-hybridized carbons (Fsp3) is 0.263. The first kappa shape index (κ1) is 18.4. The van der Waals surface area contributed by atoms with Crippen molar-refractivity contribution in [2.24, 2.45) is 0 Å². The van der Waals surface area contributed by atoms with Gasteiger partial charge in [0, 0.05) is 25.4 Å². The number of hydrogen-bond donors (Lipinski definition) is 3. The Morgan fingerprint density at radius 2 is 1.78 bits per heavy atom. The summed E-state index contributed by atoms with van der Waals surface area (Å²) in [6, 6.07) is 7.39. The summed E-state index contributed by atoms with van der Waals surface area (Å²) in [6.07, 6.45) is 3.21. The Kier molecular flexibility index (Phi) is 5.65. The van der Waals surface area contributed by atoms with Gasteiger partial charge >= 0.3 is 0 Å². The van der Waals surface area contributed by atoms with Crippen molar-refractivity contribution >= 4 is 23.4 Å². The molecular weight excluding hydrogens is 344 g/mol. The zero-order chi connectivity index (χ0) is 19.2. The number of carbonyl (C=O) groups is 1. The molecule has 8 heteroatoms. The van der Waals surface area contributed by atoms with E-state index in [2.05, 4.69) is 30.9 Å². The molecule has 0 saturated heterocycles. The van der Waals surface area contributed by atoms with E-state index in [1.54, 1.807) is 25.3 Å². The third-order valence-electron chi connectivity index (χ3n) is 3.84. The van der Waals surface area contributed by atoms with Crippen molar-refractivity contribution in [3.05, 3.63) is 59.4 Å². The first-order valence-electron chi connectivity index (χ1n) is 8.62. The van der Waals surface area contributed by atoms with Crippen LogP contribution in [0.3, 0.4) is 0 Å². The molecule has 0 saturated carbocycles. The van der Waals surface area contributed by atoms with Gasteiger partial charge in [-0.05, 0) is 44.5 Å². The van der Waals surface area contributed by atoms with Gasteiger partial charge in [-0.3, -0.25) is 4.79 Å². The first-order valence-corrected chi connectivity index (χ1v) is 8.62. The van der Waals surface area contributed by atoms with E-state index in [9.17, 15) is 4.79 Å². The van der Waals surface area contributed by atoms with Gasteiger partial charge in [0.1, 0.15) is 35.3 Å². The number of anilines is 3. The molecule has 0 atom stereocenters. The lowest BCUT2D eigenvalue weighted by atomic mass is 10.2. The minimum absolute atomic E-state index is 0.151. The zero-order valence-electron chi connectivity index (χ0n) is 15.5. The number of furan rings is 1. The molecule has 3 aromatic rings. The largest absolute Gasteiger partial charge is 0.466 e. The van der Waals surface area contributed by atoms with Crippen molar-refractivity contribution in [2.75, 3.05) is 23.7 Å². The number of rotatable bonds is 7. The number of aryl methyl sites for hydroxylation is 3. The van der Waals surface area contributed by atoms with E-state index in [0.717, 1.165) is 17.1 Å². The van der Waals surface area contributed by atoms with Crippen molar-refractivity contribution in [1.29, 1.82) is 0 Å².